The van der Waals surface area contributed by atoms with Crippen LogP contribution in [0.5, 0.6) is 0 Å². The molecule has 1 saturated heterocycles. The maximum absolute atomic E-state index is 12.4. The Labute approximate surface area is 158 Å². The third-order valence-corrected chi connectivity index (χ3v) is 5.25. The van der Waals surface area contributed by atoms with E-state index in [4.69, 9.17) is 0 Å². The van der Waals surface area contributed by atoms with Gasteiger partial charge in [-0.2, -0.15) is 0 Å². The van der Waals surface area contributed by atoms with E-state index in [9.17, 15) is 4.79 Å². The molecular weight excluding hydrogens is 348 g/mol. The lowest BCUT2D eigenvalue weighted by Gasteiger charge is -2.34. The number of urea groups is 1. The zero-order chi connectivity index (χ0) is 18.5. The number of hydrogen-bond donors (Lipinski definition) is 1. The van der Waals surface area contributed by atoms with Gasteiger partial charge < -0.3 is 15.1 Å². The molecule has 7 nitrogen and oxygen atoms in total. The van der Waals surface area contributed by atoms with Crippen LogP contribution < -0.4 is 10.2 Å². The van der Waals surface area contributed by atoms with Gasteiger partial charge in [-0.25, -0.2) is 14.8 Å². The monoisotopic (exact) mass is 374 g/mol. The van der Waals surface area contributed by atoms with Crippen molar-refractivity contribution >= 4 is 23.2 Å². The molecule has 3 rings (SSSR count). The van der Waals surface area contributed by atoms with Crippen molar-refractivity contribution in [3.05, 3.63) is 40.0 Å². The van der Waals surface area contributed by atoms with Crippen LogP contribution in [0.4, 0.5) is 10.6 Å². The molecule has 26 heavy (non-hydrogen) atoms. The Morgan fingerprint density at radius 1 is 1.27 bits per heavy atom. The van der Waals surface area contributed by atoms with Crippen LogP contribution in [-0.4, -0.2) is 66.1 Å². The zero-order valence-corrected chi connectivity index (χ0v) is 16.4. The van der Waals surface area contributed by atoms with Crippen molar-refractivity contribution in [3.8, 4) is 0 Å². The first-order valence-corrected chi connectivity index (χ1v) is 9.67. The predicted molar refractivity (Wildman–Crippen MR) is 105 cm³/mol. The van der Waals surface area contributed by atoms with E-state index < -0.39 is 0 Å². The topological polar surface area (TPSA) is 64.6 Å². The van der Waals surface area contributed by atoms with Gasteiger partial charge in [-0.15, -0.1) is 11.3 Å². The molecule has 0 spiro atoms. The maximum Gasteiger partial charge on any atom is 0.317 e. The Morgan fingerprint density at radius 3 is 2.62 bits per heavy atom. The summed E-state index contributed by atoms with van der Waals surface area (Å²) in [6.07, 6.45) is 1.81. The average Bonchev–Trinajstić information content (AvgIpc) is 3.05. The Kier molecular flexibility index (Phi) is 6.05. The Bertz CT molecular complexity index is 722. The first kappa shape index (κ1) is 18.6. The summed E-state index contributed by atoms with van der Waals surface area (Å²) in [5, 5.41) is 6.21. The van der Waals surface area contributed by atoms with Crippen LogP contribution in [-0.2, 0) is 13.1 Å². The van der Waals surface area contributed by atoms with Crippen LogP contribution >= 0.6 is 11.3 Å². The maximum atomic E-state index is 12.4. The molecule has 1 fully saturated rings. The third-order valence-electron chi connectivity index (χ3n) is 4.42. The molecule has 2 amide bonds. The van der Waals surface area contributed by atoms with Gasteiger partial charge in [-0.1, -0.05) is 6.07 Å². The van der Waals surface area contributed by atoms with Crippen molar-refractivity contribution in [3.63, 3.8) is 0 Å². The van der Waals surface area contributed by atoms with E-state index in [0.29, 0.717) is 6.54 Å². The molecular formula is C18H26N6OS. The minimum Gasteiger partial charge on any atom is -0.363 e. The Morgan fingerprint density at radius 2 is 2.04 bits per heavy atom. The van der Waals surface area contributed by atoms with Gasteiger partial charge in [-0.05, 0) is 18.6 Å². The SMILES string of the molecule is Cc1nc(CN2CCN(C(=O)NCc3ccc(N(C)C)nc3)CC2)cs1. The second kappa shape index (κ2) is 8.46. The number of carbonyl (C=O) groups excluding carboxylic acids is 1. The Hall–Kier alpha value is -2.19. The number of aromatic nitrogens is 2. The second-order valence-corrected chi connectivity index (χ2v) is 7.76. The summed E-state index contributed by atoms with van der Waals surface area (Å²) in [5.41, 5.74) is 2.13. The second-order valence-electron chi connectivity index (χ2n) is 6.70. The van der Waals surface area contributed by atoms with Gasteiger partial charge in [0, 0.05) is 64.9 Å². The van der Waals surface area contributed by atoms with Crippen LogP contribution in [0.3, 0.4) is 0 Å². The first-order valence-electron chi connectivity index (χ1n) is 8.79. The molecule has 140 valence electrons. The highest BCUT2D eigenvalue weighted by atomic mass is 32.1. The summed E-state index contributed by atoms with van der Waals surface area (Å²) < 4.78 is 0. The van der Waals surface area contributed by atoms with Crippen molar-refractivity contribution in [1.29, 1.82) is 0 Å². The van der Waals surface area contributed by atoms with Crippen molar-refractivity contribution < 1.29 is 4.79 Å². The number of nitrogens with one attached hydrogen (secondary N) is 1. The molecule has 0 unspecified atom stereocenters. The lowest BCUT2D eigenvalue weighted by molar-refractivity contribution is 0.134. The van der Waals surface area contributed by atoms with Crippen molar-refractivity contribution in [2.45, 2.75) is 20.0 Å². The zero-order valence-electron chi connectivity index (χ0n) is 15.6. The van der Waals surface area contributed by atoms with Crippen LogP contribution in [0.2, 0.25) is 0 Å². The minimum absolute atomic E-state index is 0.00848. The van der Waals surface area contributed by atoms with E-state index in [2.05, 4.69) is 25.6 Å². The molecule has 2 aromatic rings. The average molecular weight is 375 g/mol. The van der Waals surface area contributed by atoms with Gasteiger partial charge in [0.05, 0.1) is 10.7 Å². The first-order chi connectivity index (χ1) is 12.5. The lowest BCUT2D eigenvalue weighted by atomic mass is 10.2. The highest BCUT2D eigenvalue weighted by molar-refractivity contribution is 7.09. The quantitative estimate of drug-likeness (QED) is 0.866. The molecule has 1 N–H and O–H groups in total. The fraction of sp³-hybridized carbons (Fsp3) is 0.500. The molecule has 0 aliphatic carbocycles. The molecule has 3 heterocycles. The summed E-state index contributed by atoms with van der Waals surface area (Å²) in [5.74, 6) is 0.909. The number of anilines is 1. The van der Waals surface area contributed by atoms with Gasteiger partial charge in [0.2, 0.25) is 0 Å². The summed E-state index contributed by atoms with van der Waals surface area (Å²) in [4.78, 5) is 27.4. The summed E-state index contributed by atoms with van der Waals surface area (Å²) in [6.45, 7) is 6.63. The molecule has 0 atom stereocenters. The standard InChI is InChI=1S/C18H26N6OS/c1-14-21-16(13-26-14)12-23-6-8-24(9-7-23)18(25)20-11-15-4-5-17(19-10-15)22(2)3/h4-5,10,13H,6-9,11-12H2,1-3H3,(H,20,25). The molecule has 8 heteroatoms. The highest BCUT2D eigenvalue weighted by Gasteiger charge is 2.21. The van der Waals surface area contributed by atoms with E-state index in [1.807, 2.05) is 49.1 Å². The van der Waals surface area contributed by atoms with E-state index >= 15 is 0 Å². The molecule has 0 bridgehead atoms. The van der Waals surface area contributed by atoms with Gasteiger partial charge in [0.25, 0.3) is 0 Å². The number of carbonyl (C=O) groups is 1. The van der Waals surface area contributed by atoms with E-state index in [-0.39, 0.29) is 6.03 Å². The number of hydrogen-bond acceptors (Lipinski definition) is 6. The minimum atomic E-state index is -0.00848. The number of aryl methyl sites for hydroxylation is 1. The van der Waals surface area contributed by atoms with E-state index in [1.54, 1.807) is 11.3 Å². The fourth-order valence-corrected chi connectivity index (χ4v) is 3.50. The molecule has 0 saturated carbocycles. The van der Waals surface area contributed by atoms with E-state index in [1.165, 1.54) is 0 Å². The predicted octanol–water partition coefficient (Wildman–Crippen LogP) is 1.94. The summed E-state index contributed by atoms with van der Waals surface area (Å²) >= 11 is 1.69. The molecule has 1 aliphatic heterocycles. The molecule has 0 aromatic carbocycles. The van der Waals surface area contributed by atoms with Crippen LogP contribution in [0.1, 0.15) is 16.3 Å². The summed E-state index contributed by atoms with van der Waals surface area (Å²) in [7, 11) is 3.91. The van der Waals surface area contributed by atoms with Crippen LogP contribution in [0, 0.1) is 6.92 Å². The number of pyridine rings is 1. The Balaban J connectivity index is 1.42. The van der Waals surface area contributed by atoms with Gasteiger partial charge in [0.15, 0.2) is 0 Å². The van der Waals surface area contributed by atoms with Gasteiger partial charge >= 0.3 is 6.03 Å². The smallest absolute Gasteiger partial charge is 0.317 e. The largest absolute Gasteiger partial charge is 0.363 e. The number of thiazole rings is 1. The number of rotatable bonds is 5. The summed E-state index contributed by atoms with van der Waals surface area (Å²) in [6, 6.07) is 3.95. The normalized spacial score (nSPS) is 15.1. The van der Waals surface area contributed by atoms with Crippen molar-refractivity contribution in [2.24, 2.45) is 0 Å². The third kappa shape index (κ3) is 4.92. The number of nitrogens with zero attached hydrogens (tertiary/aromatic N) is 5. The van der Waals surface area contributed by atoms with Crippen molar-refractivity contribution in [1.82, 2.24) is 25.1 Å². The molecule has 0 radical (unpaired) electrons. The van der Waals surface area contributed by atoms with Gasteiger partial charge in [0.1, 0.15) is 5.82 Å². The van der Waals surface area contributed by atoms with Gasteiger partial charge in [-0.3, -0.25) is 4.90 Å². The highest BCUT2D eigenvalue weighted by Crippen LogP contribution is 2.12. The number of piperazine rings is 1. The lowest BCUT2D eigenvalue weighted by Crippen LogP contribution is -2.51. The van der Waals surface area contributed by atoms with E-state index in [0.717, 1.165) is 54.8 Å². The van der Waals surface area contributed by atoms with Crippen molar-refractivity contribution in [2.75, 3.05) is 45.2 Å². The van der Waals surface area contributed by atoms with Crippen LogP contribution in [0.25, 0.3) is 0 Å². The molecule has 2 aromatic heterocycles. The van der Waals surface area contributed by atoms with Crippen LogP contribution in [0.15, 0.2) is 23.7 Å². The fourth-order valence-electron chi connectivity index (χ4n) is 2.89. The molecule has 1 aliphatic rings. The number of amides is 2.